The summed E-state index contributed by atoms with van der Waals surface area (Å²) in [4.78, 5) is 0. The molecule has 190 valence electrons. The highest BCUT2D eigenvalue weighted by Gasteiger charge is 2.56. The Labute approximate surface area is 202 Å². The highest BCUT2D eigenvalue weighted by Crippen LogP contribution is 2.41. The van der Waals surface area contributed by atoms with Crippen molar-refractivity contribution in [2.75, 3.05) is 65.7 Å². The van der Waals surface area contributed by atoms with Crippen molar-refractivity contribution in [3.8, 4) is 11.5 Å². The number of benzene rings is 1. The van der Waals surface area contributed by atoms with Crippen LogP contribution >= 0.6 is 0 Å². The Morgan fingerprint density at radius 1 is 0.706 bits per heavy atom. The second kappa shape index (κ2) is 9.91. The number of nitrogens with zero attached hydrogens (tertiary/aromatic N) is 2. The number of aliphatic hydroxyl groups excluding tert-OH is 4. The molecule has 1 aromatic carbocycles. The molecule has 0 aromatic heterocycles. The SMILES string of the molecule is OCC1CC[N+]2(CCOc3cccc(OCC[N+]45CCC(O)[C@H]4C(CO)CC5)c3)CCC(O)[C@@H]12. The van der Waals surface area contributed by atoms with Gasteiger partial charge in [-0.2, -0.15) is 0 Å². The first-order valence-corrected chi connectivity index (χ1v) is 13.2. The maximum Gasteiger partial charge on any atom is 0.137 e. The lowest BCUT2D eigenvalue weighted by Gasteiger charge is -2.36. The highest BCUT2D eigenvalue weighted by atomic mass is 16.5. The second-order valence-electron chi connectivity index (χ2n) is 11.1. The summed E-state index contributed by atoms with van der Waals surface area (Å²) in [6.07, 6.45) is 2.92. The first-order chi connectivity index (χ1) is 16.5. The number of hydrogen-bond acceptors (Lipinski definition) is 6. The molecule has 4 heterocycles. The summed E-state index contributed by atoms with van der Waals surface area (Å²) in [5.41, 5.74) is 0. The van der Waals surface area contributed by atoms with Gasteiger partial charge in [0.05, 0.1) is 39.4 Å². The van der Waals surface area contributed by atoms with Crippen LogP contribution in [0.25, 0.3) is 0 Å². The molecule has 0 aliphatic carbocycles. The maximum absolute atomic E-state index is 10.5. The van der Waals surface area contributed by atoms with Gasteiger partial charge in [0.15, 0.2) is 0 Å². The molecule has 6 unspecified atom stereocenters. The van der Waals surface area contributed by atoms with Gasteiger partial charge in [0, 0.05) is 43.6 Å². The van der Waals surface area contributed by atoms with Crippen molar-refractivity contribution >= 4 is 0 Å². The van der Waals surface area contributed by atoms with E-state index >= 15 is 0 Å². The van der Waals surface area contributed by atoms with Crippen molar-refractivity contribution in [3.63, 3.8) is 0 Å². The Bertz CT molecular complexity index is 778. The molecule has 4 aliphatic heterocycles. The molecular formula is C26H42N2O6+2. The van der Waals surface area contributed by atoms with Crippen molar-refractivity contribution in [1.29, 1.82) is 0 Å². The molecule has 5 rings (SSSR count). The minimum atomic E-state index is -0.317. The molecule has 34 heavy (non-hydrogen) atoms. The fourth-order valence-electron chi connectivity index (χ4n) is 7.87. The van der Waals surface area contributed by atoms with Crippen LogP contribution in [0.4, 0.5) is 0 Å². The van der Waals surface area contributed by atoms with E-state index in [1.54, 1.807) is 0 Å². The molecule has 4 aliphatic rings. The van der Waals surface area contributed by atoms with E-state index in [0.717, 1.165) is 85.4 Å². The van der Waals surface area contributed by atoms with Crippen LogP contribution in [0.1, 0.15) is 25.7 Å². The Hall–Kier alpha value is -1.42. The van der Waals surface area contributed by atoms with Crippen LogP contribution in [0.2, 0.25) is 0 Å². The van der Waals surface area contributed by atoms with E-state index in [1.807, 2.05) is 24.3 Å². The molecule has 0 amide bonds. The van der Waals surface area contributed by atoms with Gasteiger partial charge in [-0.05, 0) is 12.1 Å². The first kappa shape index (κ1) is 24.3. The summed E-state index contributed by atoms with van der Waals surface area (Å²) in [6.45, 7) is 7.09. The Kier molecular flexibility index (Phi) is 7.08. The molecule has 1 aromatic rings. The zero-order chi connectivity index (χ0) is 23.8. The number of ether oxygens (including phenoxy) is 2. The average Bonchev–Trinajstić information content (AvgIpc) is 3.56. The van der Waals surface area contributed by atoms with Crippen LogP contribution < -0.4 is 9.47 Å². The van der Waals surface area contributed by atoms with Crippen LogP contribution in [0.5, 0.6) is 11.5 Å². The third-order valence-corrected chi connectivity index (χ3v) is 9.54. The Morgan fingerprint density at radius 2 is 1.15 bits per heavy atom. The molecule has 0 saturated carbocycles. The van der Waals surface area contributed by atoms with Crippen molar-refractivity contribution < 1.29 is 38.9 Å². The van der Waals surface area contributed by atoms with Crippen molar-refractivity contribution in [2.24, 2.45) is 11.8 Å². The topological polar surface area (TPSA) is 99.4 Å². The molecule has 4 N–H and O–H groups in total. The van der Waals surface area contributed by atoms with E-state index in [9.17, 15) is 20.4 Å². The number of hydrogen-bond donors (Lipinski definition) is 4. The van der Waals surface area contributed by atoms with E-state index in [2.05, 4.69) is 0 Å². The fourth-order valence-corrected chi connectivity index (χ4v) is 7.87. The summed E-state index contributed by atoms with van der Waals surface area (Å²) < 4.78 is 13.9. The average molecular weight is 479 g/mol. The van der Waals surface area contributed by atoms with Gasteiger partial charge in [-0.1, -0.05) is 6.07 Å². The Balaban J connectivity index is 1.13. The van der Waals surface area contributed by atoms with Crippen LogP contribution in [-0.4, -0.2) is 119 Å². The molecule has 4 fully saturated rings. The van der Waals surface area contributed by atoms with Gasteiger partial charge >= 0.3 is 0 Å². The molecule has 4 saturated heterocycles. The van der Waals surface area contributed by atoms with E-state index < -0.39 is 0 Å². The van der Waals surface area contributed by atoms with Crippen LogP contribution in [0.15, 0.2) is 24.3 Å². The summed E-state index contributed by atoms with van der Waals surface area (Å²) in [5.74, 6) is 1.96. The number of fused-ring (bicyclic) bond motifs is 2. The van der Waals surface area contributed by atoms with Gasteiger partial charge in [0.1, 0.15) is 62.1 Å². The summed E-state index contributed by atoms with van der Waals surface area (Å²) in [6, 6.07) is 8.06. The van der Waals surface area contributed by atoms with Gasteiger partial charge in [-0.3, -0.25) is 0 Å². The summed E-state index contributed by atoms with van der Waals surface area (Å²) in [5, 5.41) is 40.4. The predicted molar refractivity (Wildman–Crippen MR) is 126 cm³/mol. The normalized spacial score (nSPS) is 40.9. The zero-order valence-electron chi connectivity index (χ0n) is 20.2. The van der Waals surface area contributed by atoms with Gasteiger partial charge in [0.25, 0.3) is 0 Å². The zero-order valence-corrected chi connectivity index (χ0v) is 20.2. The smallest absolute Gasteiger partial charge is 0.137 e. The molecule has 8 heteroatoms. The minimum Gasteiger partial charge on any atom is -0.488 e. The quantitative estimate of drug-likeness (QED) is 0.363. The predicted octanol–water partition coefficient (Wildman–Crippen LogP) is 0.369. The van der Waals surface area contributed by atoms with Crippen molar-refractivity contribution in [3.05, 3.63) is 24.3 Å². The summed E-state index contributed by atoms with van der Waals surface area (Å²) >= 11 is 0. The first-order valence-electron chi connectivity index (χ1n) is 13.2. The van der Waals surface area contributed by atoms with E-state index in [-0.39, 0.29) is 49.3 Å². The molecule has 0 radical (unpaired) electrons. The number of quaternary nitrogens is 2. The molecule has 8 atom stereocenters. The van der Waals surface area contributed by atoms with Crippen molar-refractivity contribution in [2.45, 2.75) is 50.0 Å². The highest BCUT2D eigenvalue weighted by molar-refractivity contribution is 5.32. The lowest BCUT2D eigenvalue weighted by atomic mass is 9.97. The molecule has 0 bridgehead atoms. The monoisotopic (exact) mass is 478 g/mol. The van der Waals surface area contributed by atoms with Gasteiger partial charge in [-0.25, -0.2) is 0 Å². The van der Waals surface area contributed by atoms with E-state index in [4.69, 9.17) is 9.47 Å². The number of rotatable bonds is 10. The molecule has 8 nitrogen and oxygen atoms in total. The van der Waals surface area contributed by atoms with Gasteiger partial charge in [-0.15, -0.1) is 0 Å². The summed E-state index contributed by atoms with van der Waals surface area (Å²) in [7, 11) is 0. The lowest BCUT2D eigenvalue weighted by Crippen LogP contribution is -2.53. The van der Waals surface area contributed by atoms with Crippen LogP contribution in [-0.2, 0) is 0 Å². The second-order valence-corrected chi connectivity index (χ2v) is 11.1. The van der Waals surface area contributed by atoms with Gasteiger partial charge in [0.2, 0.25) is 0 Å². The lowest BCUT2D eigenvalue weighted by molar-refractivity contribution is -0.930. The van der Waals surface area contributed by atoms with Crippen LogP contribution in [0, 0.1) is 11.8 Å². The Morgan fingerprint density at radius 3 is 1.59 bits per heavy atom. The van der Waals surface area contributed by atoms with Crippen molar-refractivity contribution in [1.82, 2.24) is 0 Å². The number of aliphatic hydroxyl groups is 4. The molecular weight excluding hydrogens is 436 g/mol. The molecule has 0 spiro atoms. The van der Waals surface area contributed by atoms with E-state index in [1.165, 1.54) is 0 Å². The third kappa shape index (κ3) is 4.33. The standard InChI is InChI=1S/C26H42N2O6/c29-17-19-4-8-27(10-6-23(31)25(19)27)12-14-33-21-2-1-3-22(16-21)34-15-13-28-9-5-20(18-30)26(28)24(32)7-11-28/h1-3,16,19-20,23-26,29-32H,4-15,17-18H2/q+2/t19?,20?,23?,24?,25-,26-,27?,28?/m1/s1. The van der Waals surface area contributed by atoms with Crippen LogP contribution in [0.3, 0.4) is 0 Å². The van der Waals surface area contributed by atoms with E-state index in [0.29, 0.717) is 13.2 Å². The maximum atomic E-state index is 10.5. The largest absolute Gasteiger partial charge is 0.488 e. The fraction of sp³-hybridized carbons (Fsp3) is 0.769. The minimum absolute atomic E-state index is 0.139. The third-order valence-electron chi connectivity index (χ3n) is 9.54. The van der Waals surface area contributed by atoms with Gasteiger partial charge < -0.3 is 38.9 Å².